The van der Waals surface area contributed by atoms with E-state index in [2.05, 4.69) is 18.2 Å². The molecular weight excluding hydrogens is 198 g/mol. The summed E-state index contributed by atoms with van der Waals surface area (Å²) in [4.78, 5) is 1.99. The number of likely N-dealkylation sites (N-methyl/N-ethyl adjacent to an activating group) is 1. The Morgan fingerprint density at radius 3 is 2.50 bits per heavy atom. The van der Waals surface area contributed by atoms with Crippen LogP contribution in [0, 0.1) is 0 Å². The molecule has 2 aromatic carbocycles. The Labute approximate surface area is 96.1 Å². The van der Waals surface area contributed by atoms with Gasteiger partial charge in [-0.3, -0.25) is 0 Å². The van der Waals surface area contributed by atoms with Gasteiger partial charge in [0.15, 0.2) is 0 Å². The average Bonchev–Trinajstić information content (AvgIpc) is 2.27. The van der Waals surface area contributed by atoms with Crippen LogP contribution in [0.5, 0.6) is 0 Å². The van der Waals surface area contributed by atoms with Crippen molar-refractivity contribution in [3.8, 4) is 0 Å². The number of hydrogen-bond donors (Lipinski definition) is 1. The standard InChI is InChI=1S/C14H17NO/c1-15(2)10-14(16)13-9-5-7-11-6-3-4-8-12(11)13/h3-9,14,16H,10H2,1-2H3/t14-/m1/s1. The molecule has 2 rings (SSSR count). The second-order valence-corrected chi connectivity index (χ2v) is 4.35. The zero-order valence-corrected chi connectivity index (χ0v) is 9.72. The first-order valence-corrected chi connectivity index (χ1v) is 5.49. The maximum atomic E-state index is 10.1. The van der Waals surface area contributed by atoms with E-state index in [9.17, 15) is 5.11 Å². The van der Waals surface area contributed by atoms with Gasteiger partial charge in [0, 0.05) is 6.54 Å². The molecule has 0 aliphatic rings. The highest BCUT2D eigenvalue weighted by Gasteiger charge is 2.11. The number of rotatable bonds is 3. The Morgan fingerprint density at radius 1 is 1.06 bits per heavy atom. The first kappa shape index (κ1) is 11.1. The fourth-order valence-corrected chi connectivity index (χ4v) is 1.99. The summed E-state index contributed by atoms with van der Waals surface area (Å²) in [6, 6.07) is 14.2. The highest BCUT2D eigenvalue weighted by Crippen LogP contribution is 2.24. The Kier molecular flexibility index (Phi) is 3.22. The molecule has 16 heavy (non-hydrogen) atoms. The summed E-state index contributed by atoms with van der Waals surface area (Å²) in [5, 5.41) is 12.5. The number of fused-ring (bicyclic) bond motifs is 1. The Morgan fingerprint density at radius 2 is 1.75 bits per heavy atom. The SMILES string of the molecule is CN(C)C[C@@H](O)c1cccc2ccccc12. The van der Waals surface area contributed by atoms with Gasteiger partial charge >= 0.3 is 0 Å². The van der Waals surface area contributed by atoms with Gasteiger partial charge in [-0.25, -0.2) is 0 Å². The third-order valence-corrected chi connectivity index (χ3v) is 2.72. The zero-order valence-electron chi connectivity index (χ0n) is 9.72. The van der Waals surface area contributed by atoms with Crippen LogP contribution in [0.2, 0.25) is 0 Å². The molecule has 2 aromatic rings. The molecule has 1 N–H and O–H groups in total. The van der Waals surface area contributed by atoms with Crippen molar-refractivity contribution in [3.05, 3.63) is 48.0 Å². The van der Waals surface area contributed by atoms with Crippen LogP contribution in [-0.2, 0) is 0 Å². The lowest BCUT2D eigenvalue weighted by Crippen LogP contribution is -2.20. The Hall–Kier alpha value is -1.38. The predicted octanol–water partition coefficient (Wildman–Crippen LogP) is 2.43. The molecular formula is C14H17NO. The van der Waals surface area contributed by atoms with Crippen LogP contribution in [0.1, 0.15) is 11.7 Å². The zero-order chi connectivity index (χ0) is 11.5. The number of nitrogens with zero attached hydrogens (tertiary/aromatic N) is 1. The first-order chi connectivity index (χ1) is 7.68. The summed E-state index contributed by atoms with van der Waals surface area (Å²) < 4.78 is 0. The molecule has 0 unspecified atom stereocenters. The van der Waals surface area contributed by atoms with Crippen LogP contribution in [0.3, 0.4) is 0 Å². The lowest BCUT2D eigenvalue weighted by molar-refractivity contribution is 0.140. The van der Waals surface area contributed by atoms with Crippen molar-refractivity contribution in [2.24, 2.45) is 0 Å². The van der Waals surface area contributed by atoms with E-state index in [0.29, 0.717) is 6.54 Å². The lowest BCUT2D eigenvalue weighted by atomic mass is 10.0. The highest BCUT2D eigenvalue weighted by atomic mass is 16.3. The van der Waals surface area contributed by atoms with Gasteiger partial charge in [0.25, 0.3) is 0 Å². The molecule has 2 heteroatoms. The van der Waals surface area contributed by atoms with Gasteiger partial charge in [-0.05, 0) is 30.4 Å². The van der Waals surface area contributed by atoms with Gasteiger partial charge in [0.2, 0.25) is 0 Å². The first-order valence-electron chi connectivity index (χ1n) is 5.49. The molecule has 2 nitrogen and oxygen atoms in total. The van der Waals surface area contributed by atoms with E-state index in [1.54, 1.807) is 0 Å². The van der Waals surface area contributed by atoms with Crippen molar-refractivity contribution in [1.82, 2.24) is 4.90 Å². The molecule has 0 radical (unpaired) electrons. The van der Waals surface area contributed by atoms with E-state index in [-0.39, 0.29) is 0 Å². The Balaban J connectivity index is 2.44. The molecule has 0 aliphatic carbocycles. The van der Waals surface area contributed by atoms with E-state index in [1.807, 2.05) is 43.3 Å². The summed E-state index contributed by atoms with van der Waals surface area (Å²) in [5.41, 5.74) is 1.01. The lowest BCUT2D eigenvalue weighted by Gasteiger charge is -2.17. The maximum Gasteiger partial charge on any atom is 0.0922 e. The molecule has 0 amide bonds. The molecule has 1 atom stereocenters. The smallest absolute Gasteiger partial charge is 0.0922 e. The number of aliphatic hydroxyl groups excluding tert-OH is 1. The molecule has 0 saturated carbocycles. The second kappa shape index (κ2) is 4.64. The molecule has 84 valence electrons. The number of benzene rings is 2. The van der Waals surface area contributed by atoms with Crippen molar-refractivity contribution in [1.29, 1.82) is 0 Å². The van der Waals surface area contributed by atoms with E-state index < -0.39 is 6.10 Å². The van der Waals surface area contributed by atoms with Crippen molar-refractivity contribution < 1.29 is 5.11 Å². The van der Waals surface area contributed by atoms with Crippen LogP contribution < -0.4 is 0 Å². The maximum absolute atomic E-state index is 10.1. The average molecular weight is 215 g/mol. The van der Waals surface area contributed by atoms with E-state index in [0.717, 1.165) is 10.9 Å². The quantitative estimate of drug-likeness (QED) is 0.850. The topological polar surface area (TPSA) is 23.5 Å². The van der Waals surface area contributed by atoms with Gasteiger partial charge in [0.1, 0.15) is 0 Å². The van der Waals surface area contributed by atoms with E-state index in [1.165, 1.54) is 5.39 Å². The molecule has 0 heterocycles. The normalized spacial score (nSPS) is 13.2. The van der Waals surface area contributed by atoms with Crippen LogP contribution >= 0.6 is 0 Å². The fourth-order valence-electron chi connectivity index (χ4n) is 1.99. The van der Waals surface area contributed by atoms with Crippen LogP contribution in [-0.4, -0.2) is 30.6 Å². The number of hydrogen-bond acceptors (Lipinski definition) is 2. The minimum absolute atomic E-state index is 0.430. The molecule has 0 saturated heterocycles. The monoisotopic (exact) mass is 215 g/mol. The Bertz CT molecular complexity index is 474. The van der Waals surface area contributed by atoms with Gasteiger partial charge in [0.05, 0.1) is 6.10 Å². The predicted molar refractivity (Wildman–Crippen MR) is 67.5 cm³/mol. The van der Waals surface area contributed by atoms with Gasteiger partial charge in [-0.2, -0.15) is 0 Å². The summed E-state index contributed by atoms with van der Waals surface area (Å²) in [6.45, 7) is 0.647. The second-order valence-electron chi connectivity index (χ2n) is 4.35. The fraction of sp³-hybridized carbons (Fsp3) is 0.286. The van der Waals surface area contributed by atoms with E-state index >= 15 is 0 Å². The van der Waals surface area contributed by atoms with Gasteiger partial charge in [-0.1, -0.05) is 42.5 Å². The molecule has 0 fully saturated rings. The van der Waals surface area contributed by atoms with Gasteiger partial charge < -0.3 is 10.0 Å². The summed E-state index contributed by atoms with van der Waals surface area (Å²) in [5.74, 6) is 0. The van der Waals surface area contributed by atoms with Crippen LogP contribution in [0.4, 0.5) is 0 Å². The third-order valence-electron chi connectivity index (χ3n) is 2.72. The van der Waals surface area contributed by atoms with Gasteiger partial charge in [-0.15, -0.1) is 0 Å². The van der Waals surface area contributed by atoms with Crippen molar-refractivity contribution >= 4 is 10.8 Å². The van der Waals surface area contributed by atoms with Crippen LogP contribution in [0.25, 0.3) is 10.8 Å². The molecule has 0 spiro atoms. The van der Waals surface area contributed by atoms with Crippen molar-refractivity contribution in [3.63, 3.8) is 0 Å². The third kappa shape index (κ3) is 2.23. The number of aliphatic hydroxyl groups is 1. The molecule has 0 aliphatic heterocycles. The van der Waals surface area contributed by atoms with Crippen LogP contribution in [0.15, 0.2) is 42.5 Å². The largest absolute Gasteiger partial charge is 0.387 e. The summed E-state index contributed by atoms with van der Waals surface area (Å²) in [6.07, 6.45) is -0.430. The highest BCUT2D eigenvalue weighted by molar-refractivity contribution is 5.85. The summed E-state index contributed by atoms with van der Waals surface area (Å²) in [7, 11) is 3.93. The van der Waals surface area contributed by atoms with Crippen molar-refractivity contribution in [2.75, 3.05) is 20.6 Å². The summed E-state index contributed by atoms with van der Waals surface area (Å²) >= 11 is 0. The molecule has 0 bridgehead atoms. The van der Waals surface area contributed by atoms with Crippen molar-refractivity contribution in [2.45, 2.75) is 6.10 Å². The molecule has 0 aromatic heterocycles. The minimum Gasteiger partial charge on any atom is -0.387 e. The van der Waals surface area contributed by atoms with E-state index in [4.69, 9.17) is 0 Å². The minimum atomic E-state index is -0.430.